The van der Waals surface area contributed by atoms with Gasteiger partial charge in [0.2, 0.25) is 0 Å². The molecule has 2 saturated heterocycles. The molecule has 2 aliphatic heterocycles. The van der Waals surface area contributed by atoms with Gasteiger partial charge in [-0.25, -0.2) is 8.78 Å². The summed E-state index contributed by atoms with van der Waals surface area (Å²) in [6, 6.07) is 3.61. The molecular formula is C20H28F2N2O2. The van der Waals surface area contributed by atoms with Crippen LogP contribution in [0.25, 0.3) is 0 Å². The van der Waals surface area contributed by atoms with E-state index in [9.17, 15) is 13.6 Å². The Kier molecular flexibility index (Phi) is 5.35. The molecule has 2 fully saturated rings. The molecule has 0 aliphatic carbocycles. The number of hydrogen-bond donors (Lipinski definition) is 0. The third kappa shape index (κ3) is 3.91. The van der Waals surface area contributed by atoms with Gasteiger partial charge >= 0.3 is 0 Å². The molecule has 0 unspecified atom stereocenters. The summed E-state index contributed by atoms with van der Waals surface area (Å²) in [4.78, 5) is 16.6. The summed E-state index contributed by atoms with van der Waals surface area (Å²) in [6.07, 6.45) is 2.17. The van der Waals surface area contributed by atoms with Crippen LogP contribution in [0.3, 0.4) is 0 Å². The number of benzene rings is 1. The molecule has 1 aromatic carbocycles. The van der Waals surface area contributed by atoms with E-state index in [-0.39, 0.29) is 17.3 Å². The minimum absolute atomic E-state index is 0.0506. The second-order valence-corrected chi connectivity index (χ2v) is 7.94. The number of piperidine rings is 1. The zero-order valence-electron chi connectivity index (χ0n) is 15.9. The molecule has 0 aromatic heterocycles. The SMILES string of the molecule is CCN1CC2(CCN(CCc3cc(F)ccc3F)CC2)OC(C)(C)C1=O. The van der Waals surface area contributed by atoms with Gasteiger partial charge < -0.3 is 14.5 Å². The molecular weight excluding hydrogens is 338 g/mol. The van der Waals surface area contributed by atoms with Crippen molar-refractivity contribution in [2.75, 3.05) is 32.7 Å². The van der Waals surface area contributed by atoms with Crippen molar-refractivity contribution in [3.05, 3.63) is 35.4 Å². The van der Waals surface area contributed by atoms with E-state index < -0.39 is 11.4 Å². The fourth-order valence-corrected chi connectivity index (χ4v) is 4.13. The Labute approximate surface area is 154 Å². The van der Waals surface area contributed by atoms with Crippen LogP contribution in [0.5, 0.6) is 0 Å². The lowest BCUT2D eigenvalue weighted by Gasteiger charge is -2.52. The molecule has 6 heteroatoms. The smallest absolute Gasteiger partial charge is 0.254 e. The van der Waals surface area contributed by atoms with Crippen LogP contribution in [0.15, 0.2) is 18.2 Å². The van der Waals surface area contributed by atoms with Crippen LogP contribution in [0.4, 0.5) is 8.78 Å². The van der Waals surface area contributed by atoms with Gasteiger partial charge in [-0.2, -0.15) is 0 Å². The third-order valence-electron chi connectivity index (χ3n) is 5.61. The molecule has 0 atom stereocenters. The largest absolute Gasteiger partial charge is 0.357 e. The Hall–Kier alpha value is -1.53. The van der Waals surface area contributed by atoms with E-state index in [0.717, 1.165) is 32.0 Å². The summed E-state index contributed by atoms with van der Waals surface area (Å²) in [6.45, 7) is 9.37. The zero-order valence-corrected chi connectivity index (χ0v) is 15.9. The molecule has 0 N–H and O–H groups in total. The Bertz CT molecular complexity index is 670. The van der Waals surface area contributed by atoms with Crippen molar-refractivity contribution >= 4 is 5.91 Å². The summed E-state index contributed by atoms with van der Waals surface area (Å²) >= 11 is 0. The number of rotatable bonds is 4. The molecule has 4 nitrogen and oxygen atoms in total. The van der Waals surface area contributed by atoms with Crippen molar-refractivity contribution in [2.24, 2.45) is 0 Å². The third-order valence-corrected chi connectivity index (χ3v) is 5.61. The number of morpholine rings is 1. The predicted molar refractivity (Wildman–Crippen MR) is 95.9 cm³/mol. The lowest BCUT2D eigenvalue weighted by atomic mass is 9.86. The first-order valence-electron chi connectivity index (χ1n) is 9.40. The van der Waals surface area contributed by atoms with Crippen LogP contribution in [-0.2, 0) is 16.0 Å². The molecule has 2 heterocycles. The molecule has 1 amide bonds. The lowest BCUT2D eigenvalue weighted by Crippen LogP contribution is -2.65. The number of carbonyl (C=O) groups excluding carboxylic acids is 1. The summed E-state index contributed by atoms with van der Waals surface area (Å²) in [5.41, 5.74) is -0.669. The van der Waals surface area contributed by atoms with Gasteiger partial charge in [-0.3, -0.25) is 4.79 Å². The molecule has 2 aliphatic rings. The standard InChI is InChI=1S/C20H28F2N2O2/c1-4-24-14-20(26-19(2,3)18(24)25)8-11-23(12-9-20)10-7-15-13-16(21)5-6-17(15)22/h5-6,13H,4,7-12,14H2,1-3H3. The summed E-state index contributed by atoms with van der Waals surface area (Å²) in [5.74, 6) is -0.704. The van der Waals surface area contributed by atoms with Gasteiger partial charge in [-0.15, -0.1) is 0 Å². The number of amides is 1. The van der Waals surface area contributed by atoms with E-state index in [2.05, 4.69) is 4.90 Å². The van der Waals surface area contributed by atoms with E-state index in [4.69, 9.17) is 4.74 Å². The minimum Gasteiger partial charge on any atom is -0.357 e. The Morgan fingerprint density at radius 3 is 2.54 bits per heavy atom. The first-order chi connectivity index (χ1) is 12.2. The first kappa shape index (κ1) is 19.2. The van der Waals surface area contributed by atoms with Gasteiger partial charge in [0.05, 0.1) is 5.60 Å². The van der Waals surface area contributed by atoms with E-state index in [0.29, 0.717) is 31.6 Å². The average Bonchev–Trinajstić information content (AvgIpc) is 2.60. The van der Waals surface area contributed by atoms with Crippen LogP contribution < -0.4 is 0 Å². The molecule has 0 bridgehead atoms. The van der Waals surface area contributed by atoms with Gasteiger partial charge in [0.1, 0.15) is 17.2 Å². The Balaban J connectivity index is 1.58. The quantitative estimate of drug-likeness (QED) is 0.821. The number of carbonyl (C=O) groups is 1. The van der Waals surface area contributed by atoms with E-state index in [1.807, 2.05) is 25.7 Å². The lowest BCUT2D eigenvalue weighted by molar-refractivity contribution is -0.216. The Morgan fingerprint density at radius 1 is 1.19 bits per heavy atom. The minimum atomic E-state index is -0.791. The van der Waals surface area contributed by atoms with Crippen LogP contribution >= 0.6 is 0 Å². The highest BCUT2D eigenvalue weighted by Gasteiger charge is 2.50. The van der Waals surface area contributed by atoms with Crippen LogP contribution in [0, 0.1) is 11.6 Å². The Morgan fingerprint density at radius 2 is 1.88 bits per heavy atom. The first-order valence-corrected chi connectivity index (χ1v) is 9.40. The summed E-state index contributed by atoms with van der Waals surface area (Å²) in [7, 11) is 0. The molecule has 3 rings (SSSR count). The molecule has 0 radical (unpaired) electrons. The summed E-state index contributed by atoms with van der Waals surface area (Å²) in [5, 5.41) is 0. The zero-order chi connectivity index (χ0) is 18.9. The van der Waals surface area contributed by atoms with E-state index in [1.165, 1.54) is 12.1 Å². The van der Waals surface area contributed by atoms with Gasteiger partial charge in [0.25, 0.3) is 5.91 Å². The van der Waals surface area contributed by atoms with Crippen molar-refractivity contribution in [2.45, 2.75) is 51.2 Å². The highest BCUT2D eigenvalue weighted by Crippen LogP contribution is 2.37. The number of likely N-dealkylation sites (tertiary alicyclic amines) is 1. The molecule has 1 spiro atoms. The molecule has 144 valence electrons. The van der Waals surface area contributed by atoms with Crippen LogP contribution in [-0.4, -0.2) is 59.6 Å². The second-order valence-electron chi connectivity index (χ2n) is 7.94. The fourth-order valence-electron chi connectivity index (χ4n) is 4.13. The maximum atomic E-state index is 13.8. The number of nitrogens with zero attached hydrogens (tertiary/aromatic N) is 2. The normalized spacial score (nSPS) is 22.8. The van der Waals surface area contributed by atoms with Gasteiger partial charge in [0.15, 0.2) is 0 Å². The van der Waals surface area contributed by atoms with Gasteiger partial charge in [0, 0.05) is 32.7 Å². The maximum Gasteiger partial charge on any atom is 0.254 e. The van der Waals surface area contributed by atoms with E-state index in [1.54, 1.807) is 0 Å². The highest BCUT2D eigenvalue weighted by molar-refractivity contribution is 5.85. The van der Waals surface area contributed by atoms with Crippen molar-refractivity contribution < 1.29 is 18.3 Å². The topological polar surface area (TPSA) is 32.8 Å². The van der Waals surface area contributed by atoms with Crippen molar-refractivity contribution in [3.63, 3.8) is 0 Å². The van der Waals surface area contributed by atoms with Crippen molar-refractivity contribution in [3.8, 4) is 0 Å². The number of likely N-dealkylation sites (N-methyl/N-ethyl adjacent to an activating group) is 1. The monoisotopic (exact) mass is 366 g/mol. The van der Waals surface area contributed by atoms with Crippen molar-refractivity contribution in [1.82, 2.24) is 9.80 Å². The van der Waals surface area contributed by atoms with Gasteiger partial charge in [-0.05, 0) is 63.8 Å². The average molecular weight is 366 g/mol. The second kappa shape index (κ2) is 7.24. The molecule has 1 aromatic rings. The molecule has 26 heavy (non-hydrogen) atoms. The summed E-state index contributed by atoms with van der Waals surface area (Å²) < 4.78 is 33.3. The van der Waals surface area contributed by atoms with E-state index >= 15 is 0 Å². The van der Waals surface area contributed by atoms with Crippen LogP contribution in [0.1, 0.15) is 39.2 Å². The fraction of sp³-hybridized carbons (Fsp3) is 0.650. The van der Waals surface area contributed by atoms with Crippen molar-refractivity contribution in [1.29, 1.82) is 0 Å². The van der Waals surface area contributed by atoms with Gasteiger partial charge in [-0.1, -0.05) is 0 Å². The number of ether oxygens (including phenoxy) is 1. The highest BCUT2D eigenvalue weighted by atomic mass is 19.1. The maximum absolute atomic E-state index is 13.8. The van der Waals surface area contributed by atoms with Crippen LogP contribution in [0.2, 0.25) is 0 Å². The predicted octanol–water partition coefficient (Wildman–Crippen LogP) is 3.00. The molecule has 0 saturated carbocycles. The number of halogens is 2. The number of hydrogen-bond acceptors (Lipinski definition) is 3.